The predicted molar refractivity (Wildman–Crippen MR) is 71.5 cm³/mol. The van der Waals surface area contributed by atoms with Crippen LogP contribution in [0.1, 0.15) is 39.0 Å². The van der Waals surface area contributed by atoms with Crippen LogP contribution in [0, 0.1) is 0 Å². The molecule has 96 valence electrons. The SMILES string of the molecule is CCCCOCCCCCOc1ccccc1. The molecule has 0 atom stereocenters. The largest absolute Gasteiger partial charge is 0.494 e. The fourth-order valence-electron chi connectivity index (χ4n) is 1.54. The van der Waals surface area contributed by atoms with Crippen molar-refractivity contribution in [3.63, 3.8) is 0 Å². The molecule has 0 aliphatic heterocycles. The highest BCUT2D eigenvalue weighted by molar-refractivity contribution is 5.20. The van der Waals surface area contributed by atoms with Gasteiger partial charge in [-0.3, -0.25) is 0 Å². The third kappa shape index (κ3) is 7.81. The minimum absolute atomic E-state index is 0.805. The molecule has 0 saturated carbocycles. The van der Waals surface area contributed by atoms with Crippen LogP contribution in [-0.4, -0.2) is 19.8 Å². The van der Waals surface area contributed by atoms with E-state index in [4.69, 9.17) is 9.47 Å². The first-order valence-electron chi connectivity index (χ1n) is 6.69. The van der Waals surface area contributed by atoms with Crippen LogP contribution < -0.4 is 4.74 Å². The Bertz CT molecular complexity index is 259. The summed E-state index contributed by atoms with van der Waals surface area (Å²) < 4.78 is 11.1. The van der Waals surface area contributed by atoms with Gasteiger partial charge in [0.1, 0.15) is 5.75 Å². The highest BCUT2D eigenvalue weighted by Gasteiger charge is 1.93. The molecule has 0 aliphatic rings. The van der Waals surface area contributed by atoms with Gasteiger partial charge in [0.05, 0.1) is 6.61 Å². The molecule has 0 fully saturated rings. The summed E-state index contributed by atoms with van der Waals surface area (Å²) in [5.74, 6) is 0.965. The molecule has 2 nitrogen and oxygen atoms in total. The zero-order valence-electron chi connectivity index (χ0n) is 10.9. The Morgan fingerprint density at radius 3 is 2.29 bits per heavy atom. The van der Waals surface area contributed by atoms with Gasteiger partial charge in [-0.2, -0.15) is 0 Å². The fourth-order valence-corrected chi connectivity index (χ4v) is 1.54. The van der Waals surface area contributed by atoms with Crippen molar-refractivity contribution >= 4 is 0 Å². The monoisotopic (exact) mass is 236 g/mol. The predicted octanol–water partition coefficient (Wildman–Crippen LogP) is 4.05. The summed E-state index contributed by atoms with van der Waals surface area (Å²) in [4.78, 5) is 0. The molecule has 0 spiro atoms. The Balaban J connectivity index is 1.85. The van der Waals surface area contributed by atoms with Gasteiger partial charge in [-0.1, -0.05) is 31.5 Å². The van der Waals surface area contributed by atoms with E-state index in [1.807, 2.05) is 30.3 Å². The number of hydrogen-bond acceptors (Lipinski definition) is 2. The maximum atomic E-state index is 5.61. The normalized spacial score (nSPS) is 10.4. The topological polar surface area (TPSA) is 18.5 Å². The maximum Gasteiger partial charge on any atom is 0.119 e. The van der Waals surface area contributed by atoms with Gasteiger partial charge in [-0.25, -0.2) is 0 Å². The van der Waals surface area contributed by atoms with Crippen LogP contribution >= 0.6 is 0 Å². The molecule has 0 unspecified atom stereocenters. The minimum Gasteiger partial charge on any atom is -0.494 e. The molecular weight excluding hydrogens is 212 g/mol. The molecular formula is C15H24O2. The zero-order valence-corrected chi connectivity index (χ0v) is 10.9. The minimum atomic E-state index is 0.805. The molecule has 0 aromatic heterocycles. The van der Waals surface area contributed by atoms with Gasteiger partial charge >= 0.3 is 0 Å². The van der Waals surface area contributed by atoms with Gasteiger partial charge in [-0.05, 0) is 37.8 Å². The second-order valence-corrected chi connectivity index (χ2v) is 4.19. The molecule has 1 rings (SSSR count). The van der Waals surface area contributed by atoms with E-state index in [0.717, 1.165) is 38.4 Å². The Labute approximate surface area is 105 Å². The van der Waals surface area contributed by atoms with Crippen molar-refractivity contribution in [1.82, 2.24) is 0 Å². The summed E-state index contributed by atoms with van der Waals surface area (Å²) >= 11 is 0. The molecule has 0 aliphatic carbocycles. The molecule has 0 saturated heterocycles. The molecule has 17 heavy (non-hydrogen) atoms. The highest BCUT2D eigenvalue weighted by Crippen LogP contribution is 2.09. The third-order valence-corrected chi connectivity index (χ3v) is 2.59. The van der Waals surface area contributed by atoms with Gasteiger partial charge < -0.3 is 9.47 Å². The molecule has 0 bridgehead atoms. The van der Waals surface area contributed by atoms with E-state index in [9.17, 15) is 0 Å². The molecule has 1 aromatic rings. The van der Waals surface area contributed by atoms with E-state index in [1.54, 1.807) is 0 Å². The summed E-state index contributed by atoms with van der Waals surface area (Å²) in [6, 6.07) is 9.98. The lowest BCUT2D eigenvalue weighted by Gasteiger charge is -2.06. The summed E-state index contributed by atoms with van der Waals surface area (Å²) in [5.41, 5.74) is 0. The molecule has 2 heteroatoms. The zero-order chi connectivity index (χ0) is 12.2. The Morgan fingerprint density at radius 1 is 0.824 bits per heavy atom. The van der Waals surface area contributed by atoms with Crippen molar-refractivity contribution in [2.45, 2.75) is 39.0 Å². The second-order valence-electron chi connectivity index (χ2n) is 4.19. The lowest BCUT2D eigenvalue weighted by molar-refractivity contribution is 0.126. The Hall–Kier alpha value is -1.02. The second kappa shape index (κ2) is 10.2. The quantitative estimate of drug-likeness (QED) is 0.570. The van der Waals surface area contributed by atoms with E-state index >= 15 is 0 Å². The highest BCUT2D eigenvalue weighted by atomic mass is 16.5. The third-order valence-electron chi connectivity index (χ3n) is 2.59. The van der Waals surface area contributed by atoms with Crippen LogP contribution in [0.4, 0.5) is 0 Å². The van der Waals surface area contributed by atoms with E-state index in [-0.39, 0.29) is 0 Å². The van der Waals surface area contributed by atoms with Gasteiger partial charge in [0, 0.05) is 13.2 Å². The van der Waals surface area contributed by atoms with Crippen LogP contribution in [0.2, 0.25) is 0 Å². The number of unbranched alkanes of at least 4 members (excludes halogenated alkanes) is 3. The molecule has 1 aromatic carbocycles. The van der Waals surface area contributed by atoms with Crippen LogP contribution in [0.15, 0.2) is 30.3 Å². The summed E-state index contributed by atoms with van der Waals surface area (Å²) in [5, 5.41) is 0. The van der Waals surface area contributed by atoms with E-state index in [0.29, 0.717) is 0 Å². The van der Waals surface area contributed by atoms with Crippen LogP contribution in [0.5, 0.6) is 5.75 Å². The fraction of sp³-hybridized carbons (Fsp3) is 0.600. The number of benzene rings is 1. The first-order valence-corrected chi connectivity index (χ1v) is 6.69. The van der Waals surface area contributed by atoms with Crippen LogP contribution in [-0.2, 0) is 4.74 Å². The van der Waals surface area contributed by atoms with Gasteiger partial charge in [0.15, 0.2) is 0 Å². The summed E-state index contributed by atoms with van der Waals surface area (Å²) in [6.07, 6.45) is 5.81. The van der Waals surface area contributed by atoms with Crippen molar-refractivity contribution < 1.29 is 9.47 Å². The summed E-state index contributed by atoms with van der Waals surface area (Å²) in [6.45, 7) is 4.80. The Morgan fingerprint density at radius 2 is 1.53 bits per heavy atom. The van der Waals surface area contributed by atoms with E-state index in [1.165, 1.54) is 19.3 Å². The van der Waals surface area contributed by atoms with E-state index in [2.05, 4.69) is 6.92 Å². The van der Waals surface area contributed by atoms with Gasteiger partial charge in [-0.15, -0.1) is 0 Å². The molecule has 0 radical (unpaired) electrons. The smallest absolute Gasteiger partial charge is 0.119 e. The van der Waals surface area contributed by atoms with Crippen molar-refractivity contribution in [3.05, 3.63) is 30.3 Å². The average Bonchev–Trinajstić information content (AvgIpc) is 2.38. The van der Waals surface area contributed by atoms with Gasteiger partial charge in [0.25, 0.3) is 0 Å². The number of rotatable bonds is 10. The van der Waals surface area contributed by atoms with Crippen molar-refractivity contribution in [2.75, 3.05) is 19.8 Å². The van der Waals surface area contributed by atoms with E-state index < -0.39 is 0 Å². The molecule has 0 heterocycles. The van der Waals surface area contributed by atoms with Crippen molar-refractivity contribution in [1.29, 1.82) is 0 Å². The lowest BCUT2D eigenvalue weighted by Crippen LogP contribution is -2.00. The molecule has 0 amide bonds. The number of ether oxygens (including phenoxy) is 2. The first kappa shape index (κ1) is 14.0. The maximum absolute atomic E-state index is 5.61. The van der Waals surface area contributed by atoms with Crippen molar-refractivity contribution in [2.24, 2.45) is 0 Å². The average molecular weight is 236 g/mol. The number of hydrogen-bond donors (Lipinski definition) is 0. The van der Waals surface area contributed by atoms with Gasteiger partial charge in [0.2, 0.25) is 0 Å². The van der Waals surface area contributed by atoms with Crippen molar-refractivity contribution in [3.8, 4) is 5.75 Å². The first-order chi connectivity index (χ1) is 8.43. The standard InChI is InChI=1S/C15H24O2/c1-2-3-12-16-13-8-5-9-14-17-15-10-6-4-7-11-15/h4,6-7,10-11H,2-3,5,8-9,12-14H2,1H3. The summed E-state index contributed by atoms with van der Waals surface area (Å²) in [7, 11) is 0. The van der Waals surface area contributed by atoms with Crippen LogP contribution in [0.3, 0.4) is 0 Å². The number of para-hydroxylation sites is 1. The lowest BCUT2D eigenvalue weighted by atomic mass is 10.2. The molecule has 0 N–H and O–H groups in total. The van der Waals surface area contributed by atoms with Crippen LogP contribution in [0.25, 0.3) is 0 Å². The Kier molecular flexibility index (Phi) is 8.39.